The molecular formula is C15H17N3O2. The summed E-state index contributed by atoms with van der Waals surface area (Å²) in [6.45, 7) is 2.27. The largest absolute Gasteiger partial charge is 0.279 e. The molecule has 2 aliphatic rings. The van der Waals surface area contributed by atoms with Crippen molar-refractivity contribution >= 4 is 17.6 Å². The van der Waals surface area contributed by atoms with Gasteiger partial charge in [-0.3, -0.25) is 15.5 Å². The Balaban J connectivity index is 1.60. The minimum atomic E-state index is -0.406. The Bertz CT molecular complexity index is 565. The Morgan fingerprint density at radius 2 is 2.00 bits per heavy atom. The van der Waals surface area contributed by atoms with Crippen molar-refractivity contribution in [3.8, 4) is 0 Å². The summed E-state index contributed by atoms with van der Waals surface area (Å²) < 4.78 is 0. The molecule has 3 rings (SSSR count). The molecule has 0 spiro atoms. The van der Waals surface area contributed by atoms with Gasteiger partial charge in [-0.05, 0) is 36.3 Å². The number of nitrogens with one attached hydrogen (secondary N) is 1. The molecule has 5 heteroatoms. The fourth-order valence-corrected chi connectivity index (χ4v) is 3.21. The van der Waals surface area contributed by atoms with Crippen LogP contribution in [0.5, 0.6) is 0 Å². The lowest BCUT2D eigenvalue weighted by atomic mass is 9.85. The number of nitrogens with zero attached hydrogens (tertiary/aromatic N) is 2. The van der Waals surface area contributed by atoms with E-state index in [-0.39, 0.29) is 5.69 Å². The molecule has 0 aliphatic heterocycles. The first-order valence-electron chi connectivity index (χ1n) is 6.87. The first kappa shape index (κ1) is 12.8. The Morgan fingerprint density at radius 3 is 2.60 bits per heavy atom. The molecule has 1 N–H and O–H groups in total. The van der Waals surface area contributed by atoms with Gasteiger partial charge in [-0.25, -0.2) is 0 Å². The topological polar surface area (TPSA) is 67.5 Å². The molecule has 4 atom stereocenters. The van der Waals surface area contributed by atoms with Crippen molar-refractivity contribution in [2.24, 2.45) is 28.8 Å². The maximum atomic E-state index is 10.6. The van der Waals surface area contributed by atoms with Crippen LogP contribution in [0.15, 0.2) is 41.5 Å². The third-order valence-electron chi connectivity index (χ3n) is 4.45. The van der Waals surface area contributed by atoms with Gasteiger partial charge in [-0.2, -0.15) is 5.10 Å². The summed E-state index contributed by atoms with van der Waals surface area (Å²) in [5.41, 5.74) is 3.79. The molecule has 1 aromatic rings. The molecular weight excluding hydrogens is 254 g/mol. The maximum Gasteiger partial charge on any atom is 0.269 e. The smallest absolute Gasteiger partial charge is 0.269 e. The number of hydrogen-bond acceptors (Lipinski definition) is 4. The molecule has 1 aromatic carbocycles. The third-order valence-corrected chi connectivity index (χ3v) is 4.45. The van der Waals surface area contributed by atoms with Gasteiger partial charge < -0.3 is 0 Å². The van der Waals surface area contributed by atoms with Crippen LogP contribution in [0, 0.1) is 33.8 Å². The van der Waals surface area contributed by atoms with Crippen LogP contribution in [0.3, 0.4) is 0 Å². The van der Waals surface area contributed by atoms with Crippen LogP contribution in [-0.2, 0) is 0 Å². The molecule has 104 valence electrons. The number of fused-ring (bicyclic) bond motifs is 2. The van der Waals surface area contributed by atoms with E-state index in [0.29, 0.717) is 23.7 Å². The molecule has 0 radical (unpaired) electrons. The highest BCUT2D eigenvalue weighted by molar-refractivity contribution is 5.65. The molecule has 20 heavy (non-hydrogen) atoms. The molecule has 0 amide bonds. The minimum absolute atomic E-state index is 0.0893. The average molecular weight is 271 g/mol. The Hall–Kier alpha value is -2.17. The van der Waals surface area contributed by atoms with Crippen LogP contribution < -0.4 is 5.43 Å². The zero-order chi connectivity index (χ0) is 14.1. The normalized spacial score (nSPS) is 31.1. The van der Waals surface area contributed by atoms with Crippen molar-refractivity contribution in [2.75, 3.05) is 5.43 Å². The monoisotopic (exact) mass is 271 g/mol. The van der Waals surface area contributed by atoms with E-state index in [0.717, 1.165) is 5.69 Å². The molecule has 0 aromatic heterocycles. The van der Waals surface area contributed by atoms with Gasteiger partial charge in [-0.15, -0.1) is 0 Å². The van der Waals surface area contributed by atoms with Crippen LogP contribution >= 0.6 is 0 Å². The summed E-state index contributed by atoms with van der Waals surface area (Å²) in [6.07, 6.45) is 7.85. The summed E-state index contributed by atoms with van der Waals surface area (Å²) in [7, 11) is 0. The zero-order valence-corrected chi connectivity index (χ0v) is 11.3. The summed E-state index contributed by atoms with van der Waals surface area (Å²) in [4.78, 5) is 10.2. The SMILES string of the molecule is C[C@H]1[C@@H](/C=N\Nc2ccc([N+](=O)[O-])cc2)[C@H]2C=C[C@H]1C2. The van der Waals surface area contributed by atoms with Crippen LogP contribution in [-0.4, -0.2) is 11.1 Å². The number of allylic oxidation sites excluding steroid dienone is 2. The van der Waals surface area contributed by atoms with Crippen LogP contribution in [0.2, 0.25) is 0 Å². The summed E-state index contributed by atoms with van der Waals surface area (Å²) >= 11 is 0. The predicted molar refractivity (Wildman–Crippen MR) is 78.6 cm³/mol. The van der Waals surface area contributed by atoms with Gasteiger partial charge in [0.15, 0.2) is 0 Å². The maximum absolute atomic E-state index is 10.6. The predicted octanol–water partition coefficient (Wildman–Crippen LogP) is 3.45. The fourth-order valence-electron chi connectivity index (χ4n) is 3.21. The van der Waals surface area contributed by atoms with Crippen LogP contribution in [0.1, 0.15) is 13.3 Å². The highest BCUT2D eigenvalue weighted by Gasteiger charge is 2.40. The summed E-state index contributed by atoms with van der Waals surface area (Å²) in [5.74, 6) is 2.47. The molecule has 0 heterocycles. The van der Waals surface area contributed by atoms with E-state index in [1.54, 1.807) is 12.1 Å². The van der Waals surface area contributed by atoms with E-state index in [1.165, 1.54) is 18.6 Å². The van der Waals surface area contributed by atoms with Crippen molar-refractivity contribution in [1.82, 2.24) is 0 Å². The van der Waals surface area contributed by atoms with Gasteiger partial charge in [0.1, 0.15) is 0 Å². The van der Waals surface area contributed by atoms with Gasteiger partial charge in [0.05, 0.1) is 10.6 Å². The Morgan fingerprint density at radius 1 is 1.30 bits per heavy atom. The average Bonchev–Trinajstić information content (AvgIpc) is 3.02. The van der Waals surface area contributed by atoms with E-state index < -0.39 is 4.92 Å². The van der Waals surface area contributed by atoms with E-state index in [2.05, 4.69) is 29.6 Å². The van der Waals surface area contributed by atoms with Gasteiger partial charge in [-0.1, -0.05) is 19.1 Å². The fraction of sp³-hybridized carbons (Fsp3) is 0.400. The minimum Gasteiger partial charge on any atom is -0.279 e. The van der Waals surface area contributed by atoms with Gasteiger partial charge in [0.25, 0.3) is 5.69 Å². The number of benzene rings is 1. The van der Waals surface area contributed by atoms with Gasteiger partial charge >= 0.3 is 0 Å². The number of rotatable bonds is 4. The van der Waals surface area contributed by atoms with Gasteiger partial charge in [0, 0.05) is 24.3 Å². The van der Waals surface area contributed by atoms with Crippen LogP contribution in [0.25, 0.3) is 0 Å². The molecule has 0 unspecified atom stereocenters. The second-order valence-electron chi connectivity index (χ2n) is 5.58. The second kappa shape index (κ2) is 5.07. The molecule has 5 nitrogen and oxygen atoms in total. The summed E-state index contributed by atoms with van der Waals surface area (Å²) in [5, 5.41) is 14.8. The third kappa shape index (κ3) is 2.31. The van der Waals surface area contributed by atoms with E-state index >= 15 is 0 Å². The van der Waals surface area contributed by atoms with Crippen molar-refractivity contribution in [2.45, 2.75) is 13.3 Å². The summed E-state index contributed by atoms with van der Waals surface area (Å²) in [6, 6.07) is 6.28. The second-order valence-corrected chi connectivity index (χ2v) is 5.58. The Labute approximate surface area is 117 Å². The molecule has 1 saturated carbocycles. The Kier molecular flexibility index (Phi) is 3.26. The number of hydrazone groups is 1. The van der Waals surface area contributed by atoms with Crippen molar-refractivity contribution in [3.63, 3.8) is 0 Å². The van der Waals surface area contributed by atoms with Crippen molar-refractivity contribution in [1.29, 1.82) is 0 Å². The first-order chi connectivity index (χ1) is 9.65. The first-order valence-corrected chi connectivity index (χ1v) is 6.87. The van der Waals surface area contributed by atoms with Crippen molar-refractivity contribution < 1.29 is 4.92 Å². The number of nitro benzene ring substituents is 1. The van der Waals surface area contributed by atoms with Crippen molar-refractivity contribution in [3.05, 3.63) is 46.5 Å². The van der Waals surface area contributed by atoms with E-state index in [9.17, 15) is 10.1 Å². The quantitative estimate of drug-likeness (QED) is 0.394. The standard InChI is InChI=1S/C15H17N3O2/c1-10-11-2-3-12(8-11)15(10)9-16-17-13-4-6-14(7-5-13)18(19)20/h2-7,9-12,15,17H,8H2,1H3/b16-9-/t10-,11+,12+,15-/m1/s1. The molecule has 2 bridgehead atoms. The highest BCUT2D eigenvalue weighted by atomic mass is 16.6. The lowest BCUT2D eigenvalue weighted by molar-refractivity contribution is -0.384. The molecule has 0 saturated heterocycles. The number of anilines is 1. The highest BCUT2D eigenvalue weighted by Crippen LogP contribution is 2.46. The number of non-ortho nitro benzene ring substituents is 1. The number of hydrogen-bond donors (Lipinski definition) is 1. The van der Waals surface area contributed by atoms with E-state index in [4.69, 9.17) is 0 Å². The lowest BCUT2D eigenvalue weighted by Crippen LogP contribution is -2.18. The lowest BCUT2D eigenvalue weighted by Gasteiger charge is -2.20. The molecule has 2 aliphatic carbocycles. The van der Waals surface area contributed by atoms with Gasteiger partial charge in [0.2, 0.25) is 0 Å². The number of nitro groups is 1. The van der Waals surface area contributed by atoms with E-state index in [1.807, 2.05) is 6.21 Å². The molecule has 1 fully saturated rings. The zero-order valence-electron chi connectivity index (χ0n) is 11.3. The van der Waals surface area contributed by atoms with Crippen LogP contribution in [0.4, 0.5) is 11.4 Å².